The van der Waals surface area contributed by atoms with Crippen molar-refractivity contribution in [1.82, 2.24) is 5.32 Å². The number of hydrogen-bond donors (Lipinski definition) is 1. The number of benzene rings is 3. The highest BCUT2D eigenvalue weighted by molar-refractivity contribution is 7.10. The first kappa shape index (κ1) is 23.3. The molecule has 0 spiro atoms. The highest BCUT2D eigenvalue weighted by Gasteiger charge is 2.33. The molecule has 1 heterocycles. The van der Waals surface area contributed by atoms with Crippen LogP contribution in [0, 0.1) is 5.82 Å². The van der Waals surface area contributed by atoms with Crippen LogP contribution in [0.1, 0.15) is 58.7 Å². The molecule has 1 N–H and O–H groups in total. The van der Waals surface area contributed by atoms with Crippen molar-refractivity contribution in [2.45, 2.75) is 6.04 Å². The molecule has 36 heavy (non-hydrogen) atoms. The Morgan fingerprint density at radius 3 is 2.22 bits per heavy atom. The third-order valence-electron chi connectivity index (χ3n) is 5.84. The van der Waals surface area contributed by atoms with Gasteiger partial charge in [-0.1, -0.05) is 54.6 Å². The van der Waals surface area contributed by atoms with Gasteiger partial charge >= 0.3 is 5.97 Å². The molecule has 0 fully saturated rings. The summed E-state index contributed by atoms with van der Waals surface area (Å²) in [5.74, 6) is -2.68. The van der Waals surface area contributed by atoms with Crippen LogP contribution in [0.2, 0.25) is 0 Å². The van der Waals surface area contributed by atoms with Gasteiger partial charge in [0.15, 0.2) is 18.2 Å². The van der Waals surface area contributed by atoms with Crippen LogP contribution in [-0.4, -0.2) is 30.0 Å². The number of amides is 1. The predicted octanol–water partition coefficient (Wildman–Crippen LogP) is 4.73. The lowest BCUT2D eigenvalue weighted by Gasteiger charge is -2.20. The van der Waals surface area contributed by atoms with Crippen molar-refractivity contribution in [3.8, 4) is 0 Å². The number of halogens is 1. The van der Waals surface area contributed by atoms with Crippen LogP contribution in [0.5, 0.6) is 0 Å². The van der Waals surface area contributed by atoms with Gasteiger partial charge in [-0.05, 0) is 35.2 Å². The van der Waals surface area contributed by atoms with Crippen LogP contribution in [0.4, 0.5) is 4.39 Å². The summed E-state index contributed by atoms with van der Waals surface area (Å²) in [4.78, 5) is 52.4. The molecule has 0 saturated carbocycles. The van der Waals surface area contributed by atoms with Crippen LogP contribution in [-0.2, 0) is 9.53 Å². The van der Waals surface area contributed by atoms with Crippen LogP contribution in [0.25, 0.3) is 0 Å². The summed E-state index contributed by atoms with van der Waals surface area (Å²) in [7, 11) is 0. The molecular formula is C28H18FNO5S. The molecule has 0 saturated heterocycles. The molecule has 1 unspecified atom stereocenters. The molecule has 8 heteroatoms. The summed E-state index contributed by atoms with van der Waals surface area (Å²) in [5.41, 5.74) is 1.16. The van der Waals surface area contributed by atoms with Gasteiger partial charge in [-0.15, -0.1) is 11.3 Å². The van der Waals surface area contributed by atoms with Crippen molar-refractivity contribution in [1.29, 1.82) is 0 Å². The van der Waals surface area contributed by atoms with Gasteiger partial charge in [0.05, 0.1) is 11.6 Å². The zero-order valence-corrected chi connectivity index (χ0v) is 19.5. The van der Waals surface area contributed by atoms with E-state index in [1.54, 1.807) is 30.3 Å². The zero-order chi connectivity index (χ0) is 25.2. The average molecular weight is 500 g/mol. The van der Waals surface area contributed by atoms with E-state index in [2.05, 4.69) is 5.32 Å². The minimum absolute atomic E-state index is 0.0330. The highest BCUT2D eigenvalue weighted by atomic mass is 32.1. The van der Waals surface area contributed by atoms with Crippen LogP contribution < -0.4 is 5.32 Å². The maximum absolute atomic E-state index is 13.4. The second kappa shape index (κ2) is 9.67. The predicted molar refractivity (Wildman–Crippen MR) is 131 cm³/mol. The number of ether oxygens (including phenoxy) is 1. The van der Waals surface area contributed by atoms with E-state index in [1.165, 1.54) is 47.7 Å². The minimum atomic E-state index is -0.892. The van der Waals surface area contributed by atoms with Gasteiger partial charge in [0.2, 0.25) is 0 Å². The molecule has 0 aliphatic heterocycles. The minimum Gasteiger partial charge on any atom is -0.452 e. The Balaban J connectivity index is 1.33. The lowest BCUT2D eigenvalue weighted by Crippen LogP contribution is -2.33. The van der Waals surface area contributed by atoms with Crippen LogP contribution in [0.3, 0.4) is 0 Å². The third kappa shape index (κ3) is 4.34. The van der Waals surface area contributed by atoms with Crippen LogP contribution in [0.15, 0.2) is 84.2 Å². The molecule has 5 rings (SSSR count). The number of nitrogens with one attached hydrogen (secondary N) is 1. The van der Waals surface area contributed by atoms with E-state index in [4.69, 9.17) is 4.74 Å². The van der Waals surface area contributed by atoms with E-state index in [0.717, 1.165) is 4.88 Å². The molecule has 0 radical (unpaired) electrons. The Hall–Kier alpha value is -4.43. The van der Waals surface area contributed by atoms with Gasteiger partial charge < -0.3 is 10.1 Å². The Morgan fingerprint density at radius 2 is 1.53 bits per heavy atom. The maximum Gasteiger partial charge on any atom is 0.339 e. The summed E-state index contributed by atoms with van der Waals surface area (Å²) in [6.45, 7) is -0.607. The lowest BCUT2D eigenvalue weighted by molar-refractivity contribution is -0.124. The number of ketones is 2. The first-order valence-corrected chi connectivity index (χ1v) is 11.9. The Kier molecular flexibility index (Phi) is 6.26. The molecule has 1 aromatic heterocycles. The van der Waals surface area contributed by atoms with Gasteiger partial charge in [0, 0.05) is 27.1 Å². The topological polar surface area (TPSA) is 89.5 Å². The van der Waals surface area contributed by atoms with Gasteiger partial charge in [0.25, 0.3) is 5.91 Å². The van der Waals surface area contributed by atoms with Crippen LogP contribution >= 0.6 is 11.3 Å². The molecule has 178 valence electrons. The number of carbonyl (C=O) groups is 4. The number of fused-ring (bicyclic) bond motifs is 2. The molecule has 1 amide bonds. The monoisotopic (exact) mass is 499 g/mol. The van der Waals surface area contributed by atoms with E-state index in [0.29, 0.717) is 5.56 Å². The summed E-state index contributed by atoms with van der Waals surface area (Å²) in [6.07, 6.45) is 0. The van der Waals surface area contributed by atoms with Gasteiger partial charge in [-0.3, -0.25) is 14.4 Å². The Bertz CT molecular complexity index is 1490. The van der Waals surface area contributed by atoms with Crippen molar-refractivity contribution >= 4 is 34.8 Å². The van der Waals surface area contributed by atoms with Crippen molar-refractivity contribution in [2.24, 2.45) is 0 Å². The zero-order valence-electron chi connectivity index (χ0n) is 18.7. The molecule has 1 atom stereocenters. The smallest absolute Gasteiger partial charge is 0.339 e. The first-order chi connectivity index (χ1) is 17.4. The lowest BCUT2D eigenvalue weighted by atomic mass is 9.82. The SMILES string of the molecule is O=C(COC(=O)c1cccc2c1C(=O)c1ccccc1C2=O)NC(c1ccc(F)cc1)c1cccs1. The quantitative estimate of drug-likeness (QED) is 0.342. The molecule has 1 aliphatic carbocycles. The largest absolute Gasteiger partial charge is 0.452 e. The van der Waals surface area contributed by atoms with E-state index in [1.807, 2.05) is 17.5 Å². The Morgan fingerprint density at radius 1 is 0.833 bits per heavy atom. The fourth-order valence-corrected chi connectivity index (χ4v) is 4.96. The molecule has 0 bridgehead atoms. The number of carbonyl (C=O) groups excluding carboxylic acids is 4. The highest BCUT2D eigenvalue weighted by Crippen LogP contribution is 2.30. The standard InChI is InChI=1S/C28H18FNO5S/c29-17-12-10-16(11-13-17)25(22-9-4-14-36-22)30-23(31)15-35-28(34)21-8-3-7-20-24(21)27(33)19-6-2-1-5-18(19)26(20)32/h1-14,25H,15H2,(H,30,31). The first-order valence-electron chi connectivity index (χ1n) is 11.0. The summed E-state index contributed by atoms with van der Waals surface area (Å²) >= 11 is 1.42. The average Bonchev–Trinajstić information content (AvgIpc) is 3.44. The summed E-state index contributed by atoms with van der Waals surface area (Å²) in [6, 6.07) is 19.7. The number of hydrogen-bond acceptors (Lipinski definition) is 6. The van der Waals surface area contributed by atoms with E-state index < -0.39 is 36.1 Å². The fraction of sp³-hybridized carbons (Fsp3) is 0.0714. The second-order valence-corrected chi connectivity index (χ2v) is 9.05. The van der Waals surface area contributed by atoms with E-state index >= 15 is 0 Å². The molecule has 1 aliphatic rings. The Labute approximate surface area is 209 Å². The van der Waals surface area contributed by atoms with E-state index in [-0.39, 0.29) is 33.6 Å². The normalized spacial score (nSPS) is 12.9. The number of rotatable bonds is 6. The van der Waals surface area contributed by atoms with Gasteiger partial charge in [0.1, 0.15) is 5.82 Å². The summed E-state index contributed by atoms with van der Waals surface area (Å²) in [5, 5.41) is 4.66. The fourth-order valence-electron chi connectivity index (χ4n) is 4.16. The molecule has 4 aromatic rings. The summed E-state index contributed by atoms with van der Waals surface area (Å²) < 4.78 is 18.6. The van der Waals surface area contributed by atoms with Crippen molar-refractivity contribution < 1.29 is 28.3 Å². The second-order valence-electron chi connectivity index (χ2n) is 8.08. The maximum atomic E-state index is 13.4. The molecule has 3 aromatic carbocycles. The van der Waals surface area contributed by atoms with Crippen molar-refractivity contribution in [3.05, 3.63) is 128 Å². The van der Waals surface area contributed by atoms with E-state index in [9.17, 15) is 23.6 Å². The van der Waals surface area contributed by atoms with Crippen molar-refractivity contribution in [3.63, 3.8) is 0 Å². The molecule has 6 nitrogen and oxygen atoms in total. The third-order valence-corrected chi connectivity index (χ3v) is 6.78. The van der Waals surface area contributed by atoms with Crippen molar-refractivity contribution in [2.75, 3.05) is 6.61 Å². The van der Waals surface area contributed by atoms with Gasteiger partial charge in [-0.25, -0.2) is 9.18 Å². The van der Waals surface area contributed by atoms with Gasteiger partial charge in [-0.2, -0.15) is 0 Å². The number of thiophene rings is 1. The molecular weight excluding hydrogens is 481 g/mol. The number of esters is 1.